The highest BCUT2D eigenvalue weighted by Gasteiger charge is 2.19. The zero-order valence-electron chi connectivity index (χ0n) is 10.4. The van der Waals surface area contributed by atoms with Crippen LogP contribution in [0.2, 0.25) is 0 Å². The fourth-order valence-electron chi connectivity index (χ4n) is 1.70. The molecule has 1 heterocycles. The van der Waals surface area contributed by atoms with Crippen LogP contribution in [0.1, 0.15) is 18.1 Å². The molecule has 1 aliphatic heterocycles. The molecule has 1 aromatic rings. The van der Waals surface area contributed by atoms with E-state index in [-0.39, 0.29) is 11.9 Å². The first kappa shape index (κ1) is 11.6. The summed E-state index contributed by atoms with van der Waals surface area (Å²) in [4.78, 5) is 16.0. The molecule has 90 valence electrons. The van der Waals surface area contributed by atoms with Crippen LogP contribution in [0.15, 0.2) is 23.2 Å². The van der Waals surface area contributed by atoms with Crippen LogP contribution in [-0.4, -0.2) is 24.3 Å². The van der Waals surface area contributed by atoms with Crippen molar-refractivity contribution < 1.29 is 4.79 Å². The number of nitrogens with one attached hydrogen (secondary N) is 2. The van der Waals surface area contributed by atoms with Crippen LogP contribution in [0, 0.1) is 13.8 Å². The molecule has 2 N–H and O–H groups in total. The quantitative estimate of drug-likeness (QED) is 0.813. The van der Waals surface area contributed by atoms with Gasteiger partial charge in [0.25, 0.3) is 5.91 Å². The number of carbonyl (C=O) groups excluding carboxylic acids is 1. The number of amidine groups is 1. The van der Waals surface area contributed by atoms with Gasteiger partial charge in [-0.1, -0.05) is 6.07 Å². The van der Waals surface area contributed by atoms with Gasteiger partial charge in [-0.25, -0.2) is 0 Å². The molecule has 1 aromatic carbocycles. The molecule has 0 aliphatic carbocycles. The summed E-state index contributed by atoms with van der Waals surface area (Å²) < 4.78 is 0. The molecule has 2 rings (SSSR count). The lowest BCUT2D eigenvalue weighted by Gasteiger charge is -2.08. The van der Waals surface area contributed by atoms with E-state index in [4.69, 9.17) is 0 Å². The second-order valence-electron chi connectivity index (χ2n) is 4.49. The third kappa shape index (κ3) is 2.64. The molecule has 1 atom stereocenters. The van der Waals surface area contributed by atoms with E-state index in [9.17, 15) is 4.79 Å². The summed E-state index contributed by atoms with van der Waals surface area (Å²) in [6, 6.07) is 6.11. The monoisotopic (exact) mass is 231 g/mol. The van der Waals surface area contributed by atoms with Crippen LogP contribution in [-0.2, 0) is 4.79 Å². The van der Waals surface area contributed by atoms with E-state index in [0.717, 1.165) is 11.3 Å². The minimum absolute atomic E-state index is 0.169. The number of rotatable bonds is 2. The summed E-state index contributed by atoms with van der Waals surface area (Å²) in [5.74, 6) is 0.258. The van der Waals surface area contributed by atoms with Crippen molar-refractivity contribution in [1.29, 1.82) is 0 Å². The summed E-state index contributed by atoms with van der Waals surface area (Å²) in [6.45, 7) is 6.74. The lowest BCUT2D eigenvalue weighted by atomic mass is 10.1. The molecule has 0 radical (unpaired) electrons. The number of hydrogen-bond donors (Lipinski definition) is 2. The third-order valence-corrected chi connectivity index (χ3v) is 2.89. The van der Waals surface area contributed by atoms with E-state index in [1.807, 2.05) is 39.0 Å². The second-order valence-corrected chi connectivity index (χ2v) is 4.49. The highest BCUT2D eigenvalue weighted by molar-refractivity contribution is 6.42. The number of benzene rings is 1. The predicted molar refractivity (Wildman–Crippen MR) is 69.4 cm³/mol. The van der Waals surface area contributed by atoms with Crippen molar-refractivity contribution in [3.63, 3.8) is 0 Å². The third-order valence-electron chi connectivity index (χ3n) is 2.89. The minimum Gasteiger partial charge on any atom is -0.361 e. The molecule has 0 aromatic heterocycles. The summed E-state index contributed by atoms with van der Waals surface area (Å²) in [7, 11) is 0. The second kappa shape index (κ2) is 4.57. The van der Waals surface area contributed by atoms with Crippen LogP contribution in [0.4, 0.5) is 5.69 Å². The Morgan fingerprint density at radius 2 is 2.18 bits per heavy atom. The molecule has 1 amide bonds. The van der Waals surface area contributed by atoms with Gasteiger partial charge in [-0.15, -0.1) is 0 Å². The zero-order valence-corrected chi connectivity index (χ0v) is 10.4. The predicted octanol–water partition coefficient (Wildman–Crippen LogP) is 1.63. The van der Waals surface area contributed by atoms with Crippen LogP contribution in [0.25, 0.3) is 0 Å². The molecule has 0 fully saturated rings. The maximum Gasteiger partial charge on any atom is 0.290 e. The number of hydrogen-bond acceptors (Lipinski definition) is 3. The van der Waals surface area contributed by atoms with Gasteiger partial charge in [-0.2, -0.15) is 0 Å². The molecule has 4 nitrogen and oxygen atoms in total. The van der Waals surface area contributed by atoms with Gasteiger partial charge in [0.2, 0.25) is 0 Å². The Kier molecular flexibility index (Phi) is 3.13. The smallest absolute Gasteiger partial charge is 0.290 e. The largest absolute Gasteiger partial charge is 0.361 e. The van der Waals surface area contributed by atoms with Crippen molar-refractivity contribution in [3.05, 3.63) is 29.3 Å². The number of anilines is 1. The average molecular weight is 231 g/mol. The highest BCUT2D eigenvalue weighted by Crippen LogP contribution is 2.14. The fraction of sp³-hybridized carbons (Fsp3) is 0.385. The van der Waals surface area contributed by atoms with Gasteiger partial charge < -0.3 is 10.6 Å². The standard InChI is InChI=1S/C13H17N3O/c1-8-4-5-11(6-9(8)2)16-13(17)12-14-7-10(3)15-12/h4-6,10H,7H2,1-3H3,(H,14,15)(H,16,17). The Hall–Kier alpha value is -1.84. The number of carbonyl (C=O) groups is 1. The van der Waals surface area contributed by atoms with Crippen molar-refractivity contribution in [2.24, 2.45) is 4.99 Å². The maximum atomic E-state index is 11.9. The van der Waals surface area contributed by atoms with Gasteiger partial charge in [0, 0.05) is 11.7 Å². The van der Waals surface area contributed by atoms with E-state index in [2.05, 4.69) is 15.6 Å². The lowest BCUT2D eigenvalue weighted by molar-refractivity contribution is -0.110. The van der Waals surface area contributed by atoms with Crippen LogP contribution in [0.3, 0.4) is 0 Å². The summed E-state index contributed by atoms with van der Waals surface area (Å²) in [5, 5.41) is 5.88. The minimum atomic E-state index is -0.169. The molecular formula is C13H17N3O. The van der Waals surface area contributed by atoms with E-state index in [1.165, 1.54) is 5.56 Å². The van der Waals surface area contributed by atoms with Crippen LogP contribution in [0.5, 0.6) is 0 Å². The Bertz CT molecular complexity index is 480. The first-order chi connectivity index (χ1) is 8.06. The Morgan fingerprint density at radius 3 is 2.76 bits per heavy atom. The fourth-order valence-corrected chi connectivity index (χ4v) is 1.70. The summed E-state index contributed by atoms with van der Waals surface area (Å²) >= 11 is 0. The van der Waals surface area contributed by atoms with Gasteiger partial charge >= 0.3 is 0 Å². The van der Waals surface area contributed by atoms with Crippen molar-refractivity contribution in [2.45, 2.75) is 26.8 Å². The summed E-state index contributed by atoms with van der Waals surface area (Å²) in [6.07, 6.45) is 0. The summed E-state index contributed by atoms with van der Waals surface area (Å²) in [5.41, 5.74) is 3.19. The number of aryl methyl sites for hydroxylation is 2. The molecule has 0 saturated carbocycles. The van der Waals surface area contributed by atoms with Gasteiger partial charge in [-0.3, -0.25) is 9.79 Å². The van der Waals surface area contributed by atoms with Crippen LogP contribution >= 0.6 is 0 Å². The first-order valence-electron chi connectivity index (χ1n) is 5.76. The van der Waals surface area contributed by atoms with Gasteiger partial charge in [0.1, 0.15) is 0 Å². The van der Waals surface area contributed by atoms with E-state index < -0.39 is 0 Å². The normalized spacial score (nSPS) is 18.5. The van der Waals surface area contributed by atoms with E-state index in [1.54, 1.807) is 0 Å². The van der Waals surface area contributed by atoms with Crippen molar-refractivity contribution in [1.82, 2.24) is 5.32 Å². The van der Waals surface area contributed by atoms with Gasteiger partial charge in [0.05, 0.1) is 6.54 Å². The van der Waals surface area contributed by atoms with E-state index in [0.29, 0.717) is 12.4 Å². The van der Waals surface area contributed by atoms with Crippen molar-refractivity contribution >= 4 is 17.4 Å². The van der Waals surface area contributed by atoms with Crippen molar-refractivity contribution in [3.8, 4) is 0 Å². The molecule has 4 heteroatoms. The lowest BCUT2D eigenvalue weighted by Crippen LogP contribution is -2.36. The SMILES string of the molecule is Cc1ccc(NC(=O)C2=NCC(C)N2)cc1C. The Morgan fingerprint density at radius 1 is 1.41 bits per heavy atom. The molecule has 0 saturated heterocycles. The average Bonchev–Trinajstić information content (AvgIpc) is 2.70. The molecule has 0 spiro atoms. The van der Waals surface area contributed by atoms with Gasteiger partial charge in [-0.05, 0) is 44.0 Å². The molecule has 1 aliphatic rings. The number of amides is 1. The number of nitrogens with zero attached hydrogens (tertiary/aromatic N) is 1. The molecule has 17 heavy (non-hydrogen) atoms. The Labute approximate surface area is 101 Å². The van der Waals surface area contributed by atoms with Gasteiger partial charge in [0.15, 0.2) is 5.84 Å². The maximum absolute atomic E-state index is 11.9. The van der Waals surface area contributed by atoms with Crippen molar-refractivity contribution in [2.75, 3.05) is 11.9 Å². The van der Waals surface area contributed by atoms with Crippen LogP contribution < -0.4 is 10.6 Å². The molecule has 0 bridgehead atoms. The van der Waals surface area contributed by atoms with E-state index >= 15 is 0 Å². The first-order valence-corrected chi connectivity index (χ1v) is 5.76. The zero-order chi connectivity index (χ0) is 12.4. The topological polar surface area (TPSA) is 53.5 Å². The Balaban J connectivity index is 2.06. The highest BCUT2D eigenvalue weighted by atomic mass is 16.2. The molecular weight excluding hydrogens is 214 g/mol. The molecule has 1 unspecified atom stereocenters. The number of aliphatic imine (C=N–C) groups is 1.